The molecule has 64 valence electrons. The first-order chi connectivity index (χ1) is 5.79. The van der Waals surface area contributed by atoms with Gasteiger partial charge in [-0.1, -0.05) is 6.07 Å². The number of carbonyl (C=O) groups excluding carboxylic acids is 1. The lowest BCUT2D eigenvalue weighted by atomic mass is 10.2. The van der Waals surface area contributed by atoms with Crippen molar-refractivity contribution in [1.29, 1.82) is 0 Å². The van der Waals surface area contributed by atoms with Crippen LogP contribution in [0.1, 0.15) is 10.9 Å². The molecule has 0 amide bonds. The summed E-state index contributed by atoms with van der Waals surface area (Å²) in [6.45, 7) is 0. The molecular formula is C8H8ClNO2. The monoisotopic (exact) mass is 185 g/mol. The third kappa shape index (κ3) is 1.74. The van der Waals surface area contributed by atoms with Crippen molar-refractivity contribution in [2.45, 2.75) is 5.38 Å². The van der Waals surface area contributed by atoms with Gasteiger partial charge in [0.25, 0.3) is 0 Å². The Morgan fingerprint density at radius 2 is 2.50 bits per heavy atom. The van der Waals surface area contributed by atoms with Gasteiger partial charge >= 0.3 is 0 Å². The maximum Gasteiger partial charge on any atom is 0.218 e. The standard InChI is InChI=1S/C8H8ClNO2/c1-12-8-6(7(9)5-11)3-2-4-10-8/h2-5,7H,1H3/t7-/m1/s1. The number of ether oxygens (including phenoxy) is 1. The van der Waals surface area contributed by atoms with Crippen molar-refractivity contribution in [2.24, 2.45) is 0 Å². The van der Waals surface area contributed by atoms with Crippen LogP contribution in [-0.2, 0) is 4.79 Å². The lowest BCUT2D eigenvalue weighted by Gasteiger charge is -2.06. The summed E-state index contributed by atoms with van der Waals surface area (Å²) < 4.78 is 4.91. The van der Waals surface area contributed by atoms with E-state index in [4.69, 9.17) is 16.3 Å². The molecular weight excluding hydrogens is 178 g/mol. The van der Waals surface area contributed by atoms with E-state index < -0.39 is 5.38 Å². The van der Waals surface area contributed by atoms with Gasteiger partial charge in [0.15, 0.2) is 0 Å². The minimum Gasteiger partial charge on any atom is -0.481 e. The molecule has 1 aromatic rings. The Labute approximate surface area is 75.3 Å². The molecule has 1 atom stereocenters. The number of hydrogen-bond acceptors (Lipinski definition) is 3. The van der Waals surface area contributed by atoms with Gasteiger partial charge in [-0.25, -0.2) is 4.98 Å². The highest BCUT2D eigenvalue weighted by Crippen LogP contribution is 2.25. The molecule has 0 aliphatic carbocycles. The van der Waals surface area contributed by atoms with Crippen LogP contribution in [0.5, 0.6) is 5.88 Å². The SMILES string of the molecule is COc1ncccc1[C@H](Cl)C=O. The molecule has 0 saturated heterocycles. The zero-order valence-corrected chi connectivity index (χ0v) is 7.28. The largest absolute Gasteiger partial charge is 0.481 e. The van der Waals surface area contributed by atoms with Crippen molar-refractivity contribution >= 4 is 17.9 Å². The fourth-order valence-electron chi connectivity index (χ4n) is 0.857. The van der Waals surface area contributed by atoms with Crippen molar-refractivity contribution in [2.75, 3.05) is 7.11 Å². The zero-order chi connectivity index (χ0) is 8.97. The number of hydrogen-bond donors (Lipinski definition) is 0. The lowest BCUT2D eigenvalue weighted by Crippen LogP contribution is -1.97. The van der Waals surface area contributed by atoms with E-state index in [1.54, 1.807) is 18.3 Å². The Hall–Kier alpha value is -1.09. The van der Waals surface area contributed by atoms with Crippen molar-refractivity contribution in [1.82, 2.24) is 4.98 Å². The van der Waals surface area contributed by atoms with Crippen LogP contribution in [0, 0.1) is 0 Å². The molecule has 0 bridgehead atoms. The average Bonchev–Trinajstić information content (AvgIpc) is 2.16. The van der Waals surface area contributed by atoms with E-state index >= 15 is 0 Å². The number of rotatable bonds is 3. The first-order valence-corrected chi connectivity index (χ1v) is 3.81. The van der Waals surface area contributed by atoms with Crippen molar-refractivity contribution in [3.63, 3.8) is 0 Å². The number of carbonyl (C=O) groups is 1. The molecule has 0 radical (unpaired) electrons. The van der Waals surface area contributed by atoms with E-state index in [0.717, 1.165) is 0 Å². The van der Waals surface area contributed by atoms with Crippen LogP contribution >= 0.6 is 11.6 Å². The van der Waals surface area contributed by atoms with E-state index in [-0.39, 0.29) is 0 Å². The zero-order valence-electron chi connectivity index (χ0n) is 6.53. The minimum absolute atomic E-state index is 0.393. The Morgan fingerprint density at radius 1 is 1.75 bits per heavy atom. The van der Waals surface area contributed by atoms with E-state index in [1.165, 1.54) is 7.11 Å². The van der Waals surface area contributed by atoms with Crippen LogP contribution in [0.25, 0.3) is 0 Å². The number of nitrogens with zero attached hydrogens (tertiary/aromatic N) is 1. The van der Waals surface area contributed by atoms with Gasteiger partial charge in [-0.15, -0.1) is 11.6 Å². The first kappa shape index (κ1) is 9.00. The number of halogens is 1. The van der Waals surface area contributed by atoms with Gasteiger partial charge < -0.3 is 9.53 Å². The van der Waals surface area contributed by atoms with E-state index in [2.05, 4.69) is 4.98 Å². The van der Waals surface area contributed by atoms with Crippen LogP contribution in [-0.4, -0.2) is 18.4 Å². The second kappa shape index (κ2) is 4.07. The summed E-state index contributed by atoms with van der Waals surface area (Å²) in [6.07, 6.45) is 2.22. The number of pyridine rings is 1. The smallest absolute Gasteiger partial charge is 0.218 e. The topological polar surface area (TPSA) is 39.2 Å². The molecule has 0 aliphatic heterocycles. The van der Waals surface area contributed by atoms with Gasteiger partial charge in [0.05, 0.1) is 7.11 Å². The summed E-state index contributed by atoms with van der Waals surface area (Å²) in [6, 6.07) is 3.41. The number of methoxy groups -OCH3 is 1. The molecule has 1 rings (SSSR count). The van der Waals surface area contributed by atoms with Crippen molar-refractivity contribution < 1.29 is 9.53 Å². The Morgan fingerprint density at radius 3 is 3.08 bits per heavy atom. The van der Waals surface area contributed by atoms with Gasteiger partial charge in [-0.05, 0) is 6.07 Å². The predicted octanol–water partition coefficient (Wildman–Crippen LogP) is 1.57. The van der Waals surface area contributed by atoms with Crippen molar-refractivity contribution in [3.8, 4) is 5.88 Å². The second-order valence-electron chi connectivity index (χ2n) is 2.14. The van der Waals surface area contributed by atoms with Gasteiger partial charge in [0.2, 0.25) is 5.88 Å². The fraction of sp³-hybridized carbons (Fsp3) is 0.250. The van der Waals surface area contributed by atoms with Gasteiger partial charge in [0, 0.05) is 11.8 Å². The average molecular weight is 186 g/mol. The number of aromatic nitrogens is 1. The maximum absolute atomic E-state index is 10.4. The molecule has 0 N–H and O–H groups in total. The third-order valence-electron chi connectivity index (χ3n) is 1.41. The summed E-state index contributed by atoms with van der Waals surface area (Å²) >= 11 is 5.69. The lowest BCUT2D eigenvalue weighted by molar-refractivity contribution is -0.107. The highest BCUT2D eigenvalue weighted by molar-refractivity contribution is 6.27. The molecule has 0 aromatic carbocycles. The summed E-state index contributed by atoms with van der Waals surface area (Å²) in [4.78, 5) is 14.3. The summed E-state index contributed by atoms with van der Waals surface area (Å²) in [5.74, 6) is 0.393. The van der Waals surface area contributed by atoms with E-state index in [1.807, 2.05) is 0 Å². The van der Waals surface area contributed by atoms with Gasteiger partial charge in [-0.2, -0.15) is 0 Å². The predicted molar refractivity (Wildman–Crippen MR) is 45.4 cm³/mol. The normalized spacial score (nSPS) is 12.2. The van der Waals surface area contributed by atoms with Crippen molar-refractivity contribution in [3.05, 3.63) is 23.9 Å². The molecule has 1 aromatic heterocycles. The highest BCUT2D eigenvalue weighted by atomic mass is 35.5. The molecule has 0 fully saturated rings. The molecule has 3 nitrogen and oxygen atoms in total. The van der Waals surface area contributed by atoms with Crippen LogP contribution in [0.15, 0.2) is 18.3 Å². The van der Waals surface area contributed by atoms with Crippen LogP contribution in [0.4, 0.5) is 0 Å². The van der Waals surface area contributed by atoms with Crippen LogP contribution in [0.3, 0.4) is 0 Å². The quantitative estimate of drug-likeness (QED) is 0.530. The maximum atomic E-state index is 10.4. The molecule has 0 saturated carbocycles. The summed E-state index contributed by atoms with van der Waals surface area (Å²) in [5.41, 5.74) is 0.594. The van der Waals surface area contributed by atoms with E-state index in [0.29, 0.717) is 17.7 Å². The Bertz CT molecular complexity index is 278. The molecule has 0 spiro atoms. The third-order valence-corrected chi connectivity index (χ3v) is 1.75. The fourth-order valence-corrected chi connectivity index (χ4v) is 1.02. The van der Waals surface area contributed by atoms with Crippen LogP contribution in [0.2, 0.25) is 0 Å². The molecule has 0 aliphatic rings. The molecule has 4 heteroatoms. The molecule has 12 heavy (non-hydrogen) atoms. The highest BCUT2D eigenvalue weighted by Gasteiger charge is 2.11. The summed E-state index contributed by atoms with van der Waals surface area (Å²) in [7, 11) is 1.49. The Balaban J connectivity index is 3.04. The van der Waals surface area contributed by atoms with Gasteiger partial charge in [-0.3, -0.25) is 0 Å². The van der Waals surface area contributed by atoms with Gasteiger partial charge in [0.1, 0.15) is 11.7 Å². The molecule has 1 heterocycles. The minimum atomic E-state index is -0.686. The van der Waals surface area contributed by atoms with E-state index in [9.17, 15) is 4.79 Å². The first-order valence-electron chi connectivity index (χ1n) is 3.38. The second-order valence-corrected chi connectivity index (χ2v) is 2.61. The van der Waals surface area contributed by atoms with Crippen LogP contribution < -0.4 is 4.74 Å². The Kier molecular flexibility index (Phi) is 3.05. The number of aldehydes is 1. The summed E-state index contributed by atoms with van der Waals surface area (Å²) in [5, 5.41) is -0.686. The molecule has 0 unspecified atom stereocenters. The number of alkyl halides is 1.